The quantitative estimate of drug-likeness (QED) is 0.774. The molecule has 1 heterocycles. The summed E-state index contributed by atoms with van der Waals surface area (Å²) < 4.78 is 0. The normalized spacial score (nSPS) is 12.8. The molecule has 6 heteroatoms. The minimum Gasteiger partial charge on any atom is -0.480 e. The van der Waals surface area contributed by atoms with Crippen LogP contribution in [0.4, 0.5) is 4.79 Å². The number of rotatable bonds is 5. The van der Waals surface area contributed by atoms with Gasteiger partial charge in [-0.05, 0) is 34.2 Å². The molecule has 0 saturated carbocycles. The zero-order valence-corrected chi connectivity index (χ0v) is 12.2. The van der Waals surface area contributed by atoms with Gasteiger partial charge < -0.3 is 15.7 Å². The Balaban J connectivity index is 2.39. The van der Waals surface area contributed by atoms with Crippen molar-refractivity contribution in [2.45, 2.75) is 33.2 Å². The van der Waals surface area contributed by atoms with E-state index >= 15 is 0 Å². The predicted octanol–water partition coefficient (Wildman–Crippen LogP) is 2.09. The fourth-order valence-corrected chi connectivity index (χ4v) is 2.29. The standard InChI is InChI=1S/C13H20N2O3S/c1-13(2,3)10(11(16)17)15-12(18)14-6-4-9-5-7-19-8-9/h5,7-8,10H,4,6H2,1-3H3,(H,16,17)(H2,14,15,18)/t10-/m0/s1. The first-order chi connectivity index (χ1) is 8.80. The lowest BCUT2D eigenvalue weighted by atomic mass is 9.87. The Bertz CT molecular complexity index is 424. The van der Waals surface area contributed by atoms with Crippen molar-refractivity contribution in [1.82, 2.24) is 10.6 Å². The van der Waals surface area contributed by atoms with Crippen LogP contribution >= 0.6 is 11.3 Å². The molecule has 106 valence electrons. The van der Waals surface area contributed by atoms with Gasteiger partial charge in [-0.1, -0.05) is 20.8 Å². The van der Waals surface area contributed by atoms with Gasteiger partial charge in [0.15, 0.2) is 0 Å². The van der Waals surface area contributed by atoms with E-state index in [-0.39, 0.29) is 0 Å². The molecule has 0 aliphatic rings. The maximum atomic E-state index is 11.7. The summed E-state index contributed by atoms with van der Waals surface area (Å²) in [5.41, 5.74) is 0.632. The molecule has 0 radical (unpaired) electrons. The topological polar surface area (TPSA) is 78.4 Å². The first kappa shape index (κ1) is 15.5. The van der Waals surface area contributed by atoms with Crippen LogP contribution in [0.5, 0.6) is 0 Å². The van der Waals surface area contributed by atoms with Crippen molar-refractivity contribution in [3.63, 3.8) is 0 Å². The van der Waals surface area contributed by atoms with E-state index in [0.29, 0.717) is 6.54 Å². The second-order valence-electron chi connectivity index (χ2n) is 5.42. The molecule has 1 rings (SSSR count). The van der Waals surface area contributed by atoms with Gasteiger partial charge in [-0.25, -0.2) is 9.59 Å². The molecule has 0 aliphatic heterocycles. The average molecular weight is 284 g/mol. The van der Waals surface area contributed by atoms with Gasteiger partial charge in [0.05, 0.1) is 0 Å². The van der Waals surface area contributed by atoms with Crippen LogP contribution in [-0.4, -0.2) is 29.7 Å². The molecule has 0 aromatic carbocycles. The Morgan fingerprint density at radius 1 is 1.42 bits per heavy atom. The number of thiophene rings is 1. The van der Waals surface area contributed by atoms with Crippen LogP contribution in [0.3, 0.4) is 0 Å². The van der Waals surface area contributed by atoms with E-state index in [1.165, 1.54) is 0 Å². The maximum absolute atomic E-state index is 11.7. The zero-order chi connectivity index (χ0) is 14.5. The predicted molar refractivity (Wildman–Crippen MR) is 75.4 cm³/mol. The number of carbonyl (C=O) groups excluding carboxylic acids is 1. The van der Waals surface area contributed by atoms with E-state index in [2.05, 4.69) is 10.6 Å². The van der Waals surface area contributed by atoms with Gasteiger partial charge >= 0.3 is 12.0 Å². The largest absolute Gasteiger partial charge is 0.480 e. The van der Waals surface area contributed by atoms with Gasteiger partial charge in [-0.15, -0.1) is 0 Å². The number of amides is 2. The maximum Gasteiger partial charge on any atom is 0.326 e. The van der Waals surface area contributed by atoms with Gasteiger partial charge in [0, 0.05) is 6.54 Å². The molecule has 0 saturated heterocycles. The third-order valence-electron chi connectivity index (χ3n) is 2.67. The lowest BCUT2D eigenvalue weighted by Crippen LogP contribution is -2.52. The highest BCUT2D eigenvalue weighted by Crippen LogP contribution is 2.19. The molecule has 0 spiro atoms. The van der Waals surface area contributed by atoms with Gasteiger partial charge in [-0.2, -0.15) is 11.3 Å². The van der Waals surface area contributed by atoms with Crippen LogP contribution in [0.15, 0.2) is 16.8 Å². The van der Waals surface area contributed by atoms with Gasteiger partial charge in [0.2, 0.25) is 0 Å². The number of aliphatic carboxylic acids is 1. The molecule has 0 unspecified atom stereocenters. The SMILES string of the molecule is CC(C)(C)[C@@H](NC(=O)NCCc1ccsc1)C(=O)O. The molecule has 1 aromatic rings. The Kier molecular flexibility index (Phi) is 5.35. The van der Waals surface area contributed by atoms with Crippen molar-refractivity contribution >= 4 is 23.3 Å². The molecule has 2 amide bonds. The first-order valence-electron chi connectivity index (χ1n) is 6.09. The van der Waals surface area contributed by atoms with Crippen LogP contribution < -0.4 is 10.6 Å². The summed E-state index contributed by atoms with van der Waals surface area (Å²) in [6.45, 7) is 5.81. The second-order valence-corrected chi connectivity index (χ2v) is 6.20. The molecular weight excluding hydrogens is 264 g/mol. The summed E-state index contributed by atoms with van der Waals surface area (Å²) in [4.78, 5) is 22.8. The highest BCUT2D eigenvalue weighted by Gasteiger charge is 2.32. The van der Waals surface area contributed by atoms with Crippen molar-refractivity contribution in [1.29, 1.82) is 0 Å². The van der Waals surface area contributed by atoms with Crippen molar-refractivity contribution in [2.75, 3.05) is 6.54 Å². The number of urea groups is 1. The van der Waals surface area contributed by atoms with Crippen molar-refractivity contribution in [2.24, 2.45) is 5.41 Å². The van der Waals surface area contributed by atoms with Gasteiger partial charge in [-0.3, -0.25) is 0 Å². The van der Waals surface area contributed by atoms with E-state index < -0.39 is 23.5 Å². The van der Waals surface area contributed by atoms with E-state index in [1.807, 2.05) is 16.8 Å². The number of carboxylic acids is 1. The van der Waals surface area contributed by atoms with Crippen molar-refractivity contribution in [3.8, 4) is 0 Å². The lowest BCUT2D eigenvalue weighted by molar-refractivity contribution is -0.141. The number of carbonyl (C=O) groups is 2. The number of nitrogens with one attached hydrogen (secondary N) is 2. The van der Waals surface area contributed by atoms with Crippen LogP contribution in [0.2, 0.25) is 0 Å². The number of hydrogen-bond acceptors (Lipinski definition) is 3. The van der Waals surface area contributed by atoms with Gasteiger partial charge in [0.25, 0.3) is 0 Å². The average Bonchev–Trinajstić information content (AvgIpc) is 2.77. The molecule has 3 N–H and O–H groups in total. The van der Waals surface area contributed by atoms with Crippen molar-refractivity contribution < 1.29 is 14.7 Å². The fourth-order valence-electron chi connectivity index (χ4n) is 1.59. The van der Waals surface area contributed by atoms with E-state index in [1.54, 1.807) is 32.1 Å². The molecule has 1 atom stereocenters. The Morgan fingerprint density at radius 2 is 2.11 bits per heavy atom. The van der Waals surface area contributed by atoms with Crippen LogP contribution in [0.25, 0.3) is 0 Å². The van der Waals surface area contributed by atoms with Crippen LogP contribution in [0, 0.1) is 5.41 Å². The molecule has 0 fully saturated rings. The van der Waals surface area contributed by atoms with Crippen molar-refractivity contribution in [3.05, 3.63) is 22.4 Å². The highest BCUT2D eigenvalue weighted by atomic mass is 32.1. The summed E-state index contributed by atoms with van der Waals surface area (Å²) in [7, 11) is 0. The molecular formula is C13H20N2O3S. The third kappa shape index (κ3) is 5.30. The lowest BCUT2D eigenvalue weighted by Gasteiger charge is -2.27. The smallest absolute Gasteiger partial charge is 0.326 e. The summed E-state index contributed by atoms with van der Waals surface area (Å²) >= 11 is 1.61. The summed E-state index contributed by atoms with van der Waals surface area (Å²) in [6, 6.07) is 0.644. The van der Waals surface area contributed by atoms with Crippen LogP contribution in [-0.2, 0) is 11.2 Å². The molecule has 5 nitrogen and oxygen atoms in total. The van der Waals surface area contributed by atoms with Gasteiger partial charge in [0.1, 0.15) is 6.04 Å². The fraction of sp³-hybridized carbons (Fsp3) is 0.538. The summed E-state index contributed by atoms with van der Waals surface area (Å²) in [6.07, 6.45) is 0.740. The molecule has 19 heavy (non-hydrogen) atoms. The first-order valence-corrected chi connectivity index (χ1v) is 7.03. The number of hydrogen-bond donors (Lipinski definition) is 3. The minimum absolute atomic E-state index is 0.447. The molecule has 1 aromatic heterocycles. The Hall–Kier alpha value is -1.56. The Labute approximate surface area is 117 Å². The molecule has 0 aliphatic carbocycles. The second kappa shape index (κ2) is 6.56. The van der Waals surface area contributed by atoms with Crippen LogP contribution in [0.1, 0.15) is 26.3 Å². The Morgan fingerprint density at radius 3 is 2.58 bits per heavy atom. The minimum atomic E-state index is -1.03. The van der Waals surface area contributed by atoms with E-state index in [9.17, 15) is 9.59 Å². The number of carboxylic acid groups (broad SMARTS) is 1. The summed E-state index contributed by atoms with van der Waals surface area (Å²) in [5, 5.41) is 18.3. The zero-order valence-electron chi connectivity index (χ0n) is 11.4. The highest BCUT2D eigenvalue weighted by molar-refractivity contribution is 7.07. The van der Waals surface area contributed by atoms with E-state index in [4.69, 9.17) is 5.11 Å². The van der Waals surface area contributed by atoms with E-state index in [0.717, 1.165) is 12.0 Å². The third-order valence-corrected chi connectivity index (χ3v) is 3.40. The summed E-state index contributed by atoms with van der Waals surface area (Å²) in [5.74, 6) is -1.03. The molecule has 0 bridgehead atoms. The monoisotopic (exact) mass is 284 g/mol.